The number of nitrogens with zero attached hydrogens (tertiary/aromatic N) is 2. The molecule has 0 spiro atoms. The number of hydrogen-bond donors (Lipinski definition) is 2. The summed E-state index contributed by atoms with van der Waals surface area (Å²) in [5.74, 6) is 1.19. The van der Waals surface area contributed by atoms with E-state index in [0.29, 0.717) is 23.7 Å². The van der Waals surface area contributed by atoms with Crippen LogP contribution in [-0.4, -0.2) is 22.5 Å². The average molecular weight is 449 g/mol. The zero-order valence-corrected chi connectivity index (χ0v) is 19.0. The molecule has 1 unspecified atom stereocenters. The van der Waals surface area contributed by atoms with Crippen LogP contribution in [0.5, 0.6) is 5.75 Å². The molecule has 2 aromatic carbocycles. The first kappa shape index (κ1) is 20.5. The van der Waals surface area contributed by atoms with Crippen LogP contribution in [-0.2, 0) is 4.79 Å². The van der Waals surface area contributed by atoms with Gasteiger partial charge in [0.05, 0.1) is 18.3 Å². The minimum Gasteiger partial charge on any atom is -0.493 e. The number of anilines is 2. The second-order valence-corrected chi connectivity index (χ2v) is 9.06. The van der Waals surface area contributed by atoms with E-state index < -0.39 is 0 Å². The third-order valence-corrected chi connectivity index (χ3v) is 6.28. The first-order valence-electron chi connectivity index (χ1n) is 10.6. The standard InChI is InChI=1S/C24H24N4O3S/c1-13(2)15-4-7-22-19(11-15)26-23(31-22)28-24-27-20(12-32-24)16-5-6-21-17(10-16)18(8-9-30-21)25-14(3)29/h4-7,10-13,18H,8-9H2,1-3H3,(H,25,29)(H,26,27,28). The molecule has 2 aromatic heterocycles. The van der Waals surface area contributed by atoms with Crippen LogP contribution < -0.4 is 15.4 Å². The number of nitrogens with one attached hydrogen (secondary N) is 2. The zero-order valence-electron chi connectivity index (χ0n) is 18.1. The molecule has 0 radical (unpaired) electrons. The lowest BCUT2D eigenvalue weighted by atomic mass is 9.97. The van der Waals surface area contributed by atoms with Crippen molar-refractivity contribution < 1.29 is 13.9 Å². The highest BCUT2D eigenvalue weighted by Crippen LogP contribution is 2.36. The normalized spacial score (nSPS) is 15.4. The van der Waals surface area contributed by atoms with Gasteiger partial charge in [-0.15, -0.1) is 11.3 Å². The van der Waals surface area contributed by atoms with E-state index in [2.05, 4.69) is 41.6 Å². The van der Waals surface area contributed by atoms with E-state index in [0.717, 1.165) is 40.1 Å². The summed E-state index contributed by atoms with van der Waals surface area (Å²) in [7, 11) is 0. The van der Waals surface area contributed by atoms with E-state index >= 15 is 0 Å². The van der Waals surface area contributed by atoms with E-state index in [9.17, 15) is 4.79 Å². The molecule has 1 amide bonds. The Morgan fingerprint density at radius 1 is 1.19 bits per heavy atom. The molecule has 32 heavy (non-hydrogen) atoms. The fourth-order valence-corrected chi connectivity index (χ4v) is 4.57. The van der Waals surface area contributed by atoms with Crippen LogP contribution in [0.15, 0.2) is 46.2 Å². The van der Waals surface area contributed by atoms with E-state index in [-0.39, 0.29) is 11.9 Å². The van der Waals surface area contributed by atoms with Gasteiger partial charge in [-0.3, -0.25) is 10.1 Å². The summed E-state index contributed by atoms with van der Waals surface area (Å²) >= 11 is 1.48. The maximum Gasteiger partial charge on any atom is 0.302 e. The van der Waals surface area contributed by atoms with Gasteiger partial charge in [0.2, 0.25) is 5.91 Å². The molecule has 164 valence electrons. The van der Waals surface area contributed by atoms with Crippen LogP contribution in [0.3, 0.4) is 0 Å². The van der Waals surface area contributed by atoms with E-state index in [1.165, 1.54) is 23.8 Å². The Kier molecular flexibility index (Phi) is 5.30. The quantitative estimate of drug-likeness (QED) is 0.402. The number of oxazole rings is 1. The van der Waals surface area contributed by atoms with Gasteiger partial charge in [0.25, 0.3) is 0 Å². The first-order chi connectivity index (χ1) is 15.5. The molecule has 0 saturated carbocycles. The Morgan fingerprint density at radius 2 is 2.06 bits per heavy atom. The topological polar surface area (TPSA) is 89.3 Å². The molecule has 2 N–H and O–H groups in total. The Hall–Kier alpha value is -3.39. The van der Waals surface area contributed by atoms with Crippen molar-refractivity contribution in [3.8, 4) is 17.0 Å². The summed E-state index contributed by atoms with van der Waals surface area (Å²) < 4.78 is 11.6. The van der Waals surface area contributed by atoms with Crippen molar-refractivity contribution in [2.24, 2.45) is 0 Å². The Bertz CT molecular complexity index is 1290. The molecule has 5 rings (SSSR count). The van der Waals surface area contributed by atoms with Crippen LogP contribution >= 0.6 is 11.3 Å². The number of aromatic nitrogens is 2. The molecule has 1 aliphatic heterocycles. The second kappa shape index (κ2) is 8.27. The van der Waals surface area contributed by atoms with Crippen LogP contribution in [0.2, 0.25) is 0 Å². The van der Waals surface area contributed by atoms with E-state index in [4.69, 9.17) is 14.1 Å². The lowest BCUT2D eigenvalue weighted by molar-refractivity contribution is -0.119. The van der Waals surface area contributed by atoms with Crippen molar-refractivity contribution in [3.63, 3.8) is 0 Å². The first-order valence-corrected chi connectivity index (χ1v) is 11.5. The highest BCUT2D eigenvalue weighted by atomic mass is 32.1. The van der Waals surface area contributed by atoms with Gasteiger partial charge in [-0.25, -0.2) is 4.98 Å². The molecule has 8 heteroatoms. The van der Waals surface area contributed by atoms with Gasteiger partial charge in [0.1, 0.15) is 11.3 Å². The third kappa shape index (κ3) is 4.05. The molecule has 0 fully saturated rings. The highest BCUT2D eigenvalue weighted by Gasteiger charge is 2.23. The van der Waals surface area contributed by atoms with Gasteiger partial charge >= 0.3 is 6.01 Å². The molecule has 4 aromatic rings. The number of carbonyl (C=O) groups excluding carboxylic acids is 1. The Balaban J connectivity index is 1.38. The summed E-state index contributed by atoms with van der Waals surface area (Å²) in [4.78, 5) is 20.9. The maximum absolute atomic E-state index is 11.6. The maximum atomic E-state index is 11.6. The van der Waals surface area contributed by atoms with E-state index in [1.54, 1.807) is 0 Å². The molecule has 0 aliphatic carbocycles. The molecular formula is C24H24N4O3S. The molecule has 3 heterocycles. The lowest BCUT2D eigenvalue weighted by Crippen LogP contribution is -2.30. The molecular weight excluding hydrogens is 424 g/mol. The van der Waals surface area contributed by atoms with Crippen molar-refractivity contribution in [1.29, 1.82) is 0 Å². The van der Waals surface area contributed by atoms with Crippen molar-refractivity contribution in [2.45, 2.75) is 39.2 Å². The van der Waals surface area contributed by atoms with Crippen molar-refractivity contribution >= 4 is 39.5 Å². The third-order valence-electron chi connectivity index (χ3n) is 5.52. The highest BCUT2D eigenvalue weighted by molar-refractivity contribution is 7.14. The number of ether oxygens (including phenoxy) is 1. The predicted octanol–water partition coefficient (Wildman–Crippen LogP) is 5.78. The van der Waals surface area contributed by atoms with Crippen molar-refractivity contribution in [2.75, 3.05) is 11.9 Å². The van der Waals surface area contributed by atoms with Crippen LogP contribution in [0.4, 0.5) is 11.1 Å². The van der Waals surface area contributed by atoms with Gasteiger partial charge in [-0.1, -0.05) is 19.9 Å². The number of hydrogen-bond acceptors (Lipinski definition) is 7. The molecule has 1 atom stereocenters. The van der Waals surface area contributed by atoms with Gasteiger partial charge in [-0.05, 0) is 41.8 Å². The fourth-order valence-electron chi connectivity index (χ4n) is 3.86. The fraction of sp³-hybridized carbons (Fsp3) is 0.292. The summed E-state index contributed by atoms with van der Waals surface area (Å²) in [6.45, 7) is 6.43. The number of rotatable bonds is 5. The van der Waals surface area contributed by atoms with Crippen molar-refractivity contribution in [3.05, 3.63) is 52.9 Å². The molecule has 0 bridgehead atoms. The summed E-state index contributed by atoms with van der Waals surface area (Å²) in [5, 5.41) is 8.87. The number of benzene rings is 2. The second-order valence-electron chi connectivity index (χ2n) is 8.21. The molecule has 7 nitrogen and oxygen atoms in total. The zero-order chi connectivity index (χ0) is 22.2. The van der Waals surface area contributed by atoms with Crippen molar-refractivity contribution in [1.82, 2.24) is 15.3 Å². The molecule has 0 saturated heterocycles. The number of carbonyl (C=O) groups is 1. The summed E-state index contributed by atoms with van der Waals surface area (Å²) in [6.07, 6.45) is 0.746. The smallest absolute Gasteiger partial charge is 0.302 e. The number of thiazole rings is 1. The van der Waals surface area contributed by atoms with Crippen LogP contribution in [0, 0.1) is 0 Å². The van der Waals surface area contributed by atoms with E-state index in [1.807, 2.05) is 29.6 Å². The monoisotopic (exact) mass is 448 g/mol. The van der Waals surface area contributed by atoms with Crippen LogP contribution in [0.25, 0.3) is 22.4 Å². The largest absolute Gasteiger partial charge is 0.493 e. The Labute approximate surface area is 189 Å². The summed E-state index contributed by atoms with van der Waals surface area (Å²) in [6, 6.07) is 12.4. The minimum atomic E-state index is -0.0529. The van der Waals surface area contributed by atoms with Gasteiger partial charge in [0, 0.05) is 29.9 Å². The Morgan fingerprint density at radius 3 is 2.88 bits per heavy atom. The molecule has 1 aliphatic rings. The average Bonchev–Trinajstić information content (AvgIpc) is 3.39. The predicted molar refractivity (Wildman–Crippen MR) is 126 cm³/mol. The number of fused-ring (bicyclic) bond motifs is 2. The van der Waals surface area contributed by atoms with Gasteiger partial charge in [-0.2, -0.15) is 4.98 Å². The van der Waals surface area contributed by atoms with Gasteiger partial charge < -0.3 is 14.5 Å². The number of amides is 1. The van der Waals surface area contributed by atoms with Gasteiger partial charge in [0.15, 0.2) is 10.7 Å². The van der Waals surface area contributed by atoms with Crippen LogP contribution in [0.1, 0.15) is 50.3 Å². The summed E-state index contributed by atoms with van der Waals surface area (Å²) in [5.41, 5.74) is 5.58. The SMILES string of the molecule is CC(=O)NC1CCOc2ccc(-c3csc(Nc4nc5cc(C(C)C)ccc5o4)n3)cc21. The lowest BCUT2D eigenvalue weighted by Gasteiger charge is -2.26. The minimum absolute atomic E-state index is 0.0488.